The Labute approximate surface area is 102 Å². The Bertz CT molecular complexity index is 612. The highest BCUT2D eigenvalue weighted by Gasteiger charge is 2.16. The fourth-order valence-corrected chi connectivity index (χ4v) is 1.59. The minimum Gasteiger partial charge on any atom is -0.477 e. The van der Waals surface area contributed by atoms with E-state index in [2.05, 4.69) is 15.4 Å². The van der Waals surface area contributed by atoms with Gasteiger partial charge in [-0.2, -0.15) is 5.10 Å². The second kappa shape index (κ2) is 4.36. The van der Waals surface area contributed by atoms with Gasteiger partial charge < -0.3 is 15.4 Å². The molecular weight excluding hydrogens is 236 g/mol. The van der Waals surface area contributed by atoms with Crippen molar-refractivity contribution in [2.45, 2.75) is 6.92 Å². The molecule has 0 saturated carbocycles. The minimum atomic E-state index is -1.12. The van der Waals surface area contributed by atoms with E-state index in [1.165, 1.54) is 10.9 Å². The van der Waals surface area contributed by atoms with Gasteiger partial charge >= 0.3 is 5.97 Å². The van der Waals surface area contributed by atoms with Crippen LogP contribution in [-0.4, -0.2) is 31.7 Å². The van der Waals surface area contributed by atoms with Crippen LogP contribution in [-0.2, 0) is 7.05 Å². The zero-order valence-corrected chi connectivity index (χ0v) is 9.89. The molecule has 0 saturated heterocycles. The summed E-state index contributed by atoms with van der Waals surface area (Å²) in [6.45, 7) is 1.71. The Morgan fingerprint density at radius 1 is 1.50 bits per heavy atom. The number of aromatic nitrogens is 3. The Kier molecular flexibility index (Phi) is 2.88. The molecule has 0 unspecified atom stereocenters. The maximum atomic E-state index is 11.8. The van der Waals surface area contributed by atoms with Crippen molar-refractivity contribution < 1.29 is 14.7 Å². The van der Waals surface area contributed by atoms with Crippen molar-refractivity contribution in [1.29, 1.82) is 0 Å². The summed E-state index contributed by atoms with van der Waals surface area (Å²) >= 11 is 0. The molecule has 2 aromatic heterocycles. The van der Waals surface area contributed by atoms with Gasteiger partial charge in [-0.1, -0.05) is 0 Å². The number of carboxylic acids is 1. The van der Waals surface area contributed by atoms with Crippen molar-refractivity contribution in [3.05, 3.63) is 35.4 Å². The van der Waals surface area contributed by atoms with Crippen LogP contribution in [0.5, 0.6) is 0 Å². The molecule has 0 atom stereocenters. The van der Waals surface area contributed by atoms with Crippen molar-refractivity contribution in [2.24, 2.45) is 7.05 Å². The van der Waals surface area contributed by atoms with Gasteiger partial charge in [-0.3, -0.25) is 9.48 Å². The summed E-state index contributed by atoms with van der Waals surface area (Å²) in [6.07, 6.45) is 2.96. The number of H-pyrrole nitrogens is 1. The number of nitrogens with one attached hydrogen (secondary N) is 2. The summed E-state index contributed by atoms with van der Waals surface area (Å²) in [5, 5.41) is 15.4. The fraction of sp³-hybridized carbons (Fsp3) is 0.182. The number of anilines is 1. The van der Waals surface area contributed by atoms with Crippen molar-refractivity contribution in [3.63, 3.8) is 0 Å². The monoisotopic (exact) mass is 248 g/mol. The van der Waals surface area contributed by atoms with E-state index in [0.29, 0.717) is 11.3 Å². The number of amides is 1. The molecule has 18 heavy (non-hydrogen) atoms. The van der Waals surface area contributed by atoms with Crippen LogP contribution in [0.3, 0.4) is 0 Å². The maximum absolute atomic E-state index is 11.8. The Hall–Kier alpha value is -2.57. The van der Waals surface area contributed by atoms with Gasteiger partial charge in [0.1, 0.15) is 5.69 Å². The molecule has 0 spiro atoms. The molecule has 3 N–H and O–H groups in total. The predicted octanol–water partition coefficient (Wildman–Crippen LogP) is 1.01. The van der Waals surface area contributed by atoms with Crippen molar-refractivity contribution in [2.75, 3.05) is 5.32 Å². The molecule has 2 heterocycles. The number of hydrogen-bond acceptors (Lipinski definition) is 3. The first-order chi connectivity index (χ1) is 8.47. The first-order valence-electron chi connectivity index (χ1n) is 5.20. The summed E-state index contributed by atoms with van der Waals surface area (Å²) < 4.78 is 1.50. The third-order valence-electron chi connectivity index (χ3n) is 2.38. The third-order valence-corrected chi connectivity index (χ3v) is 2.38. The van der Waals surface area contributed by atoms with Gasteiger partial charge in [0.2, 0.25) is 0 Å². The number of nitrogens with zero attached hydrogens (tertiary/aromatic N) is 2. The normalized spacial score (nSPS) is 10.3. The molecule has 0 aromatic carbocycles. The molecule has 94 valence electrons. The minimum absolute atomic E-state index is 0.0373. The molecule has 2 rings (SSSR count). The number of carboxylic acid groups (broad SMARTS) is 1. The van der Waals surface area contributed by atoms with Gasteiger partial charge in [-0.25, -0.2) is 4.79 Å². The standard InChI is InChI=1S/C11H12N4O3/c1-6-3-8(9(13-6)11(17)18)14-10(16)7-4-12-15(2)5-7/h3-5,13H,1-2H3,(H,14,16)(H,17,18). The molecule has 0 aliphatic carbocycles. The van der Waals surface area contributed by atoms with E-state index in [9.17, 15) is 9.59 Å². The van der Waals surface area contributed by atoms with E-state index in [0.717, 1.165) is 0 Å². The van der Waals surface area contributed by atoms with E-state index in [1.54, 1.807) is 26.2 Å². The number of hydrogen-bond donors (Lipinski definition) is 3. The molecule has 7 heteroatoms. The van der Waals surface area contributed by atoms with Crippen LogP contribution in [0.2, 0.25) is 0 Å². The molecular formula is C11H12N4O3. The largest absolute Gasteiger partial charge is 0.477 e. The fourth-order valence-electron chi connectivity index (χ4n) is 1.59. The van der Waals surface area contributed by atoms with Crippen LogP contribution in [0.1, 0.15) is 26.5 Å². The van der Waals surface area contributed by atoms with Gasteiger partial charge in [-0.05, 0) is 13.0 Å². The van der Waals surface area contributed by atoms with Crippen LogP contribution < -0.4 is 5.32 Å². The lowest BCUT2D eigenvalue weighted by Gasteiger charge is -2.01. The highest BCUT2D eigenvalue weighted by molar-refractivity contribution is 6.07. The van der Waals surface area contributed by atoms with Gasteiger partial charge in [0.15, 0.2) is 0 Å². The van der Waals surface area contributed by atoms with Crippen LogP contribution in [0.4, 0.5) is 5.69 Å². The molecule has 0 aliphatic heterocycles. The number of aromatic amines is 1. The van der Waals surface area contributed by atoms with Gasteiger partial charge in [-0.15, -0.1) is 0 Å². The van der Waals surface area contributed by atoms with Gasteiger partial charge in [0.05, 0.1) is 17.4 Å². The van der Waals surface area contributed by atoms with Crippen LogP contribution in [0, 0.1) is 6.92 Å². The maximum Gasteiger partial charge on any atom is 0.354 e. The number of aromatic carboxylic acids is 1. The van der Waals surface area contributed by atoms with Crippen LogP contribution in [0.15, 0.2) is 18.5 Å². The van der Waals surface area contributed by atoms with Crippen molar-refractivity contribution in [1.82, 2.24) is 14.8 Å². The second-order valence-electron chi connectivity index (χ2n) is 3.90. The zero-order chi connectivity index (χ0) is 13.3. The van der Waals surface area contributed by atoms with Crippen molar-refractivity contribution >= 4 is 17.6 Å². The smallest absolute Gasteiger partial charge is 0.354 e. The van der Waals surface area contributed by atoms with Crippen LogP contribution in [0.25, 0.3) is 0 Å². The Morgan fingerprint density at radius 3 is 2.78 bits per heavy atom. The molecule has 2 aromatic rings. The van der Waals surface area contributed by atoms with E-state index >= 15 is 0 Å². The average molecular weight is 248 g/mol. The van der Waals surface area contributed by atoms with Gasteiger partial charge in [0.25, 0.3) is 5.91 Å². The van der Waals surface area contributed by atoms with Gasteiger partial charge in [0, 0.05) is 18.9 Å². The summed E-state index contributed by atoms with van der Waals surface area (Å²) in [6, 6.07) is 1.57. The quantitative estimate of drug-likeness (QED) is 0.754. The molecule has 0 fully saturated rings. The number of carbonyl (C=O) groups is 2. The lowest BCUT2D eigenvalue weighted by molar-refractivity contribution is 0.0692. The lowest BCUT2D eigenvalue weighted by atomic mass is 10.3. The van der Waals surface area contributed by atoms with E-state index < -0.39 is 11.9 Å². The average Bonchev–Trinajstić information content (AvgIpc) is 2.85. The Balaban J connectivity index is 2.24. The summed E-state index contributed by atoms with van der Waals surface area (Å²) in [7, 11) is 1.69. The van der Waals surface area contributed by atoms with Crippen LogP contribution >= 0.6 is 0 Å². The highest BCUT2D eigenvalue weighted by atomic mass is 16.4. The first-order valence-corrected chi connectivity index (χ1v) is 5.20. The molecule has 0 aliphatic rings. The third kappa shape index (κ3) is 2.24. The molecule has 0 bridgehead atoms. The lowest BCUT2D eigenvalue weighted by Crippen LogP contribution is -2.13. The SMILES string of the molecule is Cc1cc(NC(=O)c2cnn(C)c2)c(C(=O)O)[nH]1. The van der Waals surface area contributed by atoms with E-state index in [4.69, 9.17) is 5.11 Å². The predicted molar refractivity (Wildman–Crippen MR) is 63.7 cm³/mol. The highest BCUT2D eigenvalue weighted by Crippen LogP contribution is 2.17. The molecule has 1 amide bonds. The summed E-state index contributed by atoms with van der Waals surface area (Å²) in [5.41, 5.74) is 1.24. The molecule has 7 nitrogen and oxygen atoms in total. The summed E-state index contributed by atoms with van der Waals surface area (Å²) in [5.74, 6) is -1.52. The number of aryl methyl sites for hydroxylation is 2. The van der Waals surface area contributed by atoms with E-state index in [1.807, 2.05) is 0 Å². The van der Waals surface area contributed by atoms with E-state index in [-0.39, 0.29) is 11.4 Å². The topological polar surface area (TPSA) is 100 Å². The first kappa shape index (κ1) is 11.9. The summed E-state index contributed by atoms with van der Waals surface area (Å²) in [4.78, 5) is 25.5. The number of rotatable bonds is 3. The number of carbonyl (C=O) groups excluding carboxylic acids is 1. The Morgan fingerprint density at radius 2 is 2.22 bits per heavy atom. The van der Waals surface area contributed by atoms with Crippen molar-refractivity contribution in [3.8, 4) is 0 Å². The zero-order valence-electron chi connectivity index (χ0n) is 9.89. The second-order valence-corrected chi connectivity index (χ2v) is 3.90. The molecule has 0 radical (unpaired) electrons.